The Morgan fingerprint density at radius 2 is 2.05 bits per heavy atom. The predicted octanol–water partition coefficient (Wildman–Crippen LogP) is 2.47. The zero-order valence-corrected chi connectivity index (χ0v) is 13.3. The van der Waals surface area contributed by atoms with Gasteiger partial charge in [-0.1, -0.05) is 11.6 Å². The van der Waals surface area contributed by atoms with E-state index in [1.165, 1.54) is 20.0 Å². The molecule has 1 unspecified atom stereocenters. The summed E-state index contributed by atoms with van der Waals surface area (Å²) in [6, 6.07) is 5.67. The molecule has 2 fully saturated rings. The minimum absolute atomic E-state index is 0.0691. The fourth-order valence-electron chi connectivity index (χ4n) is 3.16. The number of carbonyl (C=O) groups is 2. The van der Waals surface area contributed by atoms with Crippen molar-refractivity contribution in [3.63, 3.8) is 0 Å². The number of benzene rings is 1. The molecule has 22 heavy (non-hydrogen) atoms. The molecule has 2 heterocycles. The summed E-state index contributed by atoms with van der Waals surface area (Å²) in [5.41, 5.74) is 1.75. The van der Waals surface area contributed by atoms with Gasteiger partial charge in [0.1, 0.15) is 0 Å². The Morgan fingerprint density at radius 1 is 1.32 bits per heavy atom. The van der Waals surface area contributed by atoms with Crippen molar-refractivity contribution in [3.05, 3.63) is 23.2 Å². The fourth-order valence-corrected chi connectivity index (χ4v) is 3.45. The van der Waals surface area contributed by atoms with Gasteiger partial charge in [0.15, 0.2) is 0 Å². The number of esters is 1. The number of ether oxygens (including phenoxy) is 1. The zero-order chi connectivity index (χ0) is 15.7. The molecule has 0 aliphatic carbocycles. The van der Waals surface area contributed by atoms with E-state index in [9.17, 15) is 9.59 Å². The monoisotopic (exact) mass is 322 g/mol. The van der Waals surface area contributed by atoms with Crippen LogP contribution >= 0.6 is 11.6 Å². The number of amides is 1. The summed E-state index contributed by atoms with van der Waals surface area (Å²) < 4.78 is 4.73. The van der Waals surface area contributed by atoms with Gasteiger partial charge >= 0.3 is 5.97 Å². The van der Waals surface area contributed by atoms with E-state index in [1.807, 2.05) is 18.2 Å². The van der Waals surface area contributed by atoms with E-state index >= 15 is 0 Å². The maximum atomic E-state index is 12.1. The lowest BCUT2D eigenvalue weighted by Gasteiger charge is -2.22. The van der Waals surface area contributed by atoms with Gasteiger partial charge in [-0.2, -0.15) is 0 Å². The lowest BCUT2D eigenvalue weighted by atomic mass is 10.1. The first kappa shape index (κ1) is 15.2. The van der Waals surface area contributed by atoms with Crippen LogP contribution in [0.1, 0.15) is 19.3 Å². The molecule has 3 rings (SSSR count). The summed E-state index contributed by atoms with van der Waals surface area (Å²) in [5.74, 6) is -0.800. The highest BCUT2D eigenvalue weighted by Crippen LogP contribution is 2.34. The number of anilines is 2. The van der Waals surface area contributed by atoms with Crippen molar-refractivity contribution in [2.45, 2.75) is 19.3 Å². The Labute approximate surface area is 134 Å². The first-order valence-corrected chi connectivity index (χ1v) is 7.90. The van der Waals surface area contributed by atoms with Crippen molar-refractivity contribution < 1.29 is 14.3 Å². The van der Waals surface area contributed by atoms with Crippen LogP contribution in [0.5, 0.6) is 0 Å². The minimum atomic E-state index is -0.394. The highest BCUT2D eigenvalue weighted by molar-refractivity contribution is 6.33. The third kappa shape index (κ3) is 2.77. The lowest BCUT2D eigenvalue weighted by molar-refractivity contribution is -0.145. The van der Waals surface area contributed by atoms with Crippen LogP contribution in [0.25, 0.3) is 0 Å². The number of hydrogen-bond acceptors (Lipinski definition) is 4. The second kappa shape index (κ2) is 6.16. The van der Waals surface area contributed by atoms with Crippen LogP contribution in [0.2, 0.25) is 5.02 Å². The highest BCUT2D eigenvalue weighted by Gasteiger charge is 2.36. The summed E-state index contributed by atoms with van der Waals surface area (Å²) in [4.78, 5) is 27.6. The van der Waals surface area contributed by atoms with E-state index in [2.05, 4.69) is 4.90 Å². The molecule has 2 aliphatic heterocycles. The molecule has 2 aliphatic rings. The number of methoxy groups -OCH3 is 1. The summed E-state index contributed by atoms with van der Waals surface area (Å²) in [7, 11) is 1.34. The average molecular weight is 323 g/mol. The molecule has 0 spiro atoms. The van der Waals surface area contributed by atoms with Crippen LogP contribution in [-0.4, -0.2) is 38.6 Å². The lowest BCUT2D eigenvalue weighted by Crippen LogP contribution is -2.26. The summed E-state index contributed by atoms with van der Waals surface area (Å²) in [5, 5.41) is 0.647. The second-order valence-corrected chi connectivity index (χ2v) is 6.17. The number of rotatable bonds is 3. The quantitative estimate of drug-likeness (QED) is 0.802. The third-order valence-corrected chi connectivity index (χ3v) is 4.65. The standard InChI is InChI=1S/C16H19ClN2O3/c1-22-16(21)11-8-15(20)19(10-11)12-4-5-14(13(17)9-12)18-6-2-3-7-18/h4-5,9,11H,2-3,6-8,10H2,1H3. The molecule has 0 radical (unpaired) electrons. The molecule has 0 N–H and O–H groups in total. The molecule has 5 nitrogen and oxygen atoms in total. The SMILES string of the molecule is COC(=O)C1CC(=O)N(c2ccc(N3CCCC3)c(Cl)c2)C1. The smallest absolute Gasteiger partial charge is 0.311 e. The Morgan fingerprint density at radius 3 is 2.68 bits per heavy atom. The molecule has 1 amide bonds. The largest absolute Gasteiger partial charge is 0.469 e. The minimum Gasteiger partial charge on any atom is -0.469 e. The summed E-state index contributed by atoms with van der Waals surface area (Å²) >= 11 is 6.39. The molecular weight excluding hydrogens is 304 g/mol. The predicted molar refractivity (Wildman–Crippen MR) is 85.4 cm³/mol. The van der Waals surface area contributed by atoms with Crippen molar-refractivity contribution >= 4 is 34.9 Å². The van der Waals surface area contributed by atoms with E-state index < -0.39 is 5.92 Å². The van der Waals surface area contributed by atoms with Crippen molar-refractivity contribution in [1.29, 1.82) is 0 Å². The van der Waals surface area contributed by atoms with Gasteiger partial charge in [0.2, 0.25) is 5.91 Å². The van der Waals surface area contributed by atoms with E-state index in [-0.39, 0.29) is 18.3 Å². The van der Waals surface area contributed by atoms with Gasteiger partial charge in [0.05, 0.1) is 23.7 Å². The van der Waals surface area contributed by atoms with Crippen molar-refractivity contribution in [3.8, 4) is 0 Å². The molecule has 0 aromatic heterocycles. The Balaban J connectivity index is 1.79. The first-order chi connectivity index (χ1) is 10.6. The summed E-state index contributed by atoms with van der Waals surface area (Å²) in [6.45, 7) is 2.39. The molecule has 2 saturated heterocycles. The first-order valence-electron chi connectivity index (χ1n) is 7.53. The Bertz CT molecular complexity index is 599. The second-order valence-electron chi connectivity index (χ2n) is 5.76. The van der Waals surface area contributed by atoms with Gasteiger partial charge in [-0.25, -0.2) is 0 Å². The van der Waals surface area contributed by atoms with Gasteiger partial charge in [-0.05, 0) is 31.0 Å². The molecule has 0 bridgehead atoms. The Kier molecular flexibility index (Phi) is 4.25. The van der Waals surface area contributed by atoms with E-state index in [1.54, 1.807) is 4.90 Å². The molecule has 1 atom stereocenters. The third-order valence-electron chi connectivity index (χ3n) is 4.35. The van der Waals surface area contributed by atoms with Crippen LogP contribution in [0, 0.1) is 5.92 Å². The number of carbonyl (C=O) groups excluding carboxylic acids is 2. The molecular formula is C16H19ClN2O3. The zero-order valence-electron chi connectivity index (χ0n) is 12.5. The van der Waals surface area contributed by atoms with Gasteiger partial charge in [-0.3, -0.25) is 9.59 Å². The van der Waals surface area contributed by atoms with Crippen LogP contribution in [0.15, 0.2) is 18.2 Å². The maximum absolute atomic E-state index is 12.1. The van der Waals surface area contributed by atoms with Gasteiger partial charge in [0.25, 0.3) is 0 Å². The maximum Gasteiger partial charge on any atom is 0.311 e. The van der Waals surface area contributed by atoms with Crippen molar-refractivity contribution in [1.82, 2.24) is 0 Å². The van der Waals surface area contributed by atoms with Gasteiger partial charge in [0, 0.05) is 31.7 Å². The number of nitrogens with zero attached hydrogens (tertiary/aromatic N) is 2. The van der Waals surface area contributed by atoms with Crippen LogP contribution in [0.3, 0.4) is 0 Å². The molecule has 118 valence electrons. The van der Waals surface area contributed by atoms with E-state index in [0.717, 1.165) is 24.5 Å². The van der Waals surface area contributed by atoms with Crippen molar-refractivity contribution in [2.75, 3.05) is 36.5 Å². The molecule has 1 aromatic rings. The van der Waals surface area contributed by atoms with E-state index in [0.29, 0.717) is 11.6 Å². The van der Waals surface area contributed by atoms with Gasteiger partial charge < -0.3 is 14.5 Å². The van der Waals surface area contributed by atoms with Crippen LogP contribution in [-0.2, 0) is 14.3 Å². The molecule has 6 heteroatoms. The number of hydrogen-bond donors (Lipinski definition) is 0. The van der Waals surface area contributed by atoms with Crippen LogP contribution in [0.4, 0.5) is 11.4 Å². The van der Waals surface area contributed by atoms with Crippen LogP contribution < -0.4 is 9.80 Å². The molecule has 1 aromatic carbocycles. The van der Waals surface area contributed by atoms with Crippen molar-refractivity contribution in [2.24, 2.45) is 5.92 Å². The summed E-state index contributed by atoms with van der Waals surface area (Å²) in [6.07, 6.45) is 2.56. The topological polar surface area (TPSA) is 49.9 Å². The van der Waals surface area contributed by atoms with E-state index in [4.69, 9.17) is 16.3 Å². The fraction of sp³-hybridized carbons (Fsp3) is 0.500. The highest BCUT2D eigenvalue weighted by atomic mass is 35.5. The average Bonchev–Trinajstić information content (AvgIpc) is 3.16. The number of halogens is 1. The molecule has 0 saturated carbocycles. The van der Waals surface area contributed by atoms with Gasteiger partial charge in [-0.15, -0.1) is 0 Å². The normalized spacial score (nSPS) is 21.5. The Hall–Kier alpha value is -1.75.